The molecule has 1 aliphatic rings. The number of fused-ring (bicyclic) bond motifs is 1. The maximum atomic E-state index is 10.2. The average molecular weight is 200 g/mol. The quantitative estimate of drug-likeness (QED) is 0.722. The van der Waals surface area contributed by atoms with Crippen molar-refractivity contribution in [2.24, 2.45) is 0 Å². The Hall–Kier alpha value is -1.45. The summed E-state index contributed by atoms with van der Waals surface area (Å²) in [5.41, 5.74) is 1.27. The van der Waals surface area contributed by atoms with Crippen LogP contribution in [0.4, 0.5) is 0 Å². The molecule has 0 amide bonds. The first-order valence-electron chi connectivity index (χ1n) is 5.06. The van der Waals surface area contributed by atoms with Gasteiger partial charge in [-0.3, -0.25) is 4.98 Å². The van der Waals surface area contributed by atoms with Crippen LogP contribution in [-0.2, 0) is 5.60 Å². The van der Waals surface area contributed by atoms with Crippen molar-refractivity contribution >= 4 is 10.9 Å². The van der Waals surface area contributed by atoms with Gasteiger partial charge >= 0.3 is 0 Å². The van der Waals surface area contributed by atoms with E-state index < -0.39 is 5.60 Å². The summed E-state index contributed by atoms with van der Waals surface area (Å²) in [7, 11) is 0. The number of aliphatic hydroxyl groups is 1. The third-order valence-electron chi connectivity index (χ3n) is 2.98. The Balaban J connectivity index is 2.14. The summed E-state index contributed by atoms with van der Waals surface area (Å²) in [5, 5.41) is 14.3. The van der Waals surface area contributed by atoms with Gasteiger partial charge in [0.15, 0.2) is 0 Å². The lowest BCUT2D eigenvalue weighted by molar-refractivity contribution is -0.0145. The number of pyridine rings is 1. The lowest BCUT2D eigenvalue weighted by atomic mass is 9.87. The van der Waals surface area contributed by atoms with Gasteiger partial charge in [-0.2, -0.15) is 0 Å². The molecule has 3 rings (SSSR count). The molecule has 1 aromatic heterocycles. The highest BCUT2D eigenvalue weighted by molar-refractivity contribution is 5.79. The lowest BCUT2D eigenvalue weighted by Gasteiger charge is -2.38. The Morgan fingerprint density at radius 1 is 1.27 bits per heavy atom. The zero-order valence-corrected chi connectivity index (χ0v) is 8.27. The molecular formula is C12H12N2O. The minimum atomic E-state index is -0.677. The summed E-state index contributed by atoms with van der Waals surface area (Å²) in [5.74, 6) is 0. The zero-order valence-electron chi connectivity index (χ0n) is 8.27. The maximum absolute atomic E-state index is 10.2. The van der Waals surface area contributed by atoms with Crippen LogP contribution < -0.4 is 5.32 Å². The second-order valence-corrected chi connectivity index (χ2v) is 4.05. The van der Waals surface area contributed by atoms with Crippen LogP contribution in [0.3, 0.4) is 0 Å². The number of aromatic nitrogens is 1. The first kappa shape index (κ1) is 8.83. The molecule has 2 N–H and O–H groups in total. The van der Waals surface area contributed by atoms with Gasteiger partial charge in [-0.05, 0) is 23.8 Å². The highest BCUT2D eigenvalue weighted by Gasteiger charge is 2.36. The molecular weight excluding hydrogens is 188 g/mol. The predicted octanol–water partition coefficient (Wildman–Crippen LogP) is 1.03. The second kappa shape index (κ2) is 3.02. The monoisotopic (exact) mass is 200 g/mol. The van der Waals surface area contributed by atoms with Gasteiger partial charge in [0.1, 0.15) is 5.60 Å². The largest absolute Gasteiger partial charge is 0.382 e. The minimum absolute atomic E-state index is 0.638. The first-order chi connectivity index (χ1) is 7.28. The number of rotatable bonds is 1. The van der Waals surface area contributed by atoms with Crippen molar-refractivity contribution in [2.75, 3.05) is 13.1 Å². The Morgan fingerprint density at radius 3 is 2.87 bits per heavy atom. The normalized spacial score (nSPS) is 18.7. The first-order valence-corrected chi connectivity index (χ1v) is 5.06. The summed E-state index contributed by atoms with van der Waals surface area (Å²) in [6.07, 6.45) is 1.78. The number of hydrogen-bond donors (Lipinski definition) is 2. The minimum Gasteiger partial charge on any atom is -0.382 e. The fraction of sp³-hybridized carbons (Fsp3) is 0.250. The van der Waals surface area contributed by atoms with Crippen LogP contribution in [0.25, 0.3) is 10.9 Å². The van der Waals surface area contributed by atoms with E-state index in [1.54, 1.807) is 6.20 Å². The van der Waals surface area contributed by atoms with Gasteiger partial charge in [-0.15, -0.1) is 0 Å². The summed E-state index contributed by atoms with van der Waals surface area (Å²) in [6.45, 7) is 1.28. The van der Waals surface area contributed by atoms with E-state index in [0.29, 0.717) is 13.1 Å². The van der Waals surface area contributed by atoms with Crippen LogP contribution >= 0.6 is 0 Å². The number of nitrogens with one attached hydrogen (secondary N) is 1. The number of benzene rings is 1. The van der Waals surface area contributed by atoms with Crippen molar-refractivity contribution in [1.82, 2.24) is 10.3 Å². The Kier molecular flexibility index (Phi) is 1.78. The van der Waals surface area contributed by atoms with Gasteiger partial charge in [0.05, 0.1) is 5.52 Å². The van der Waals surface area contributed by atoms with Crippen LogP contribution in [-0.4, -0.2) is 23.2 Å². The van der Waals surface area contributed by atoms with E-state index in [-0.39, 0.29) is 0 Å². The van der Waals surface area contributed by atoms with Crippen LogP contribution in [0.2, 0.25) is 0 Å². The van der Waals surface area contributed by atoms with E-state index in [2.05, 4.69) is 10.3 Å². The molecule has 0 aliphatic carbocycles. The van der Waals surface area contributed by atoms with Gasteiger partial charge in [0, 0.05) is 24.7 Å². The molecule has 0 bridgehead atoms. The van der Waals surface area contributed by atoms with Crippen molar-refractivity contribution in [3.05, 3.63) is 42.1 Å². The van der Waals surface area contributed by atoms with Crippen molar-refractivity contribution in [1.29, 1.82) is 0 Å². The standard InChI is InChI=1S/C12H12N2O/c15-12(7-13-8-12)10-3-4-11-9(6-10)2-1-5-14-11/h1-6,13,15H,7-8H2. The number of nitrogens with zero attached hydrogens (tertiary/aromatic N) is 1. The van der Waals surface area contributed by atoms with E-state index in [1.807, 2.05) is 30.3 Å². The molecule has 2 heterocycles. The molecule has 3 nitrogen and oxygen atoms in total. The van der Waals surface area contributed by atoms with E-state index >= 15 is 0 Å². The smallest absolute Gasteiger partial charge is 0.114 e. The summed E-state index contributed by atoms with van der Waals surface area (Å²) >= 11 is 0. The van der Waals surface area contributed by atoms with Crippen LogP contribution in [0.1, 0.15) is 5.56 Å². The van der Waals surface area contributed by atoms with E-state index in [0.717, 1.165) is 16.5 Å². The summed E-state index contributed by atoms with van der Waals surface area (Å²) in [6, 6.07) is 9.86. The van der Waals surface area contributed by atoms with Gasteiger partial charge in [0.25, 0.3) is 0 Å². The summed E-state index contributed by atoms with van der Waals surface area (Å²) < 4.78 is 0. The molecule has 15 heavy (non-hydrogen) atoms. The van der Waals surface area contributed by atoms with Gasteiger partial charge < -0.3 is 10.4 Å². The van der Waals surface area contributed by atoms with Crippen molar-refractivity contribution in [3.8, 4) is 0 Å². The second-order valence-electron chi connectivity index (χ2n) is 4.05. The lowest BCUT2D eigenvalue weighted by Crippen LogP contribution is -2.56. The van der Waals surface area contributed by atoms with Crippen molar-refractivity contribution in [2.45, 2.75) is 5.60 Å². The summed E-state index contributed by atoms with van der Waals surface area (Å²) in [4.78, 5) is 4.25. The predicted molar refractivity (Wildman–Crippen MR) is 58.5 cm³/mol. The average Bonchev–Trinajstić information content (AvgIpc) is 2.25. The topological polar surface area (TPSA) is 45.2 Å². The maximum Gasteiger partial charge on any atom is 0.114 e. The Labute approximate surface area is 87.8 Å². The third-order valence-corrected chi connectivity index (χ3v) is 2.98. The molecule has 0 radical (unpaired) electrons. The van der Waals surface area contributed by atoms with Crippen LogP contribution in [0, 0.1) is 0 Å². The zero-order chi connectivity index (χ0) is 10.3. The van der Waals surface area contributed by atoms with Gasteiger partial charge in [0.2, 0.25) is 0 Å². The fourth-order valence-corrected chi connectivity index (χ4v) is 1.93. The molecule has 1 fully saturated rings. The third kappa shape index (κ3) is 1.32. The van der Waals surface area contributed by atoms with Crippen LogP contribution in [0.15, 0.2) is 36.5 Å². The van der Waals surface area contributed by atoms with Crippen LogP contribution in [0.5, 0.6) is 0 Å². The van der Waals surface area contributed by atoms with E-state index in [4.69, 9.17) is 0 Å². The highest BCUT2D eigenvalue weighted by Crippen LogP contribution is 2.27. The molecule has 2 aromatic rings. The molecule has 1 aromatic carbocycles. The van der Waals surface area contributed by atoms with E-state index in [1.165, 1.54) is 0 Å². The molecule has 0 atom stereocenters. The molecule has 3 heteroatoms. The van der Waals surface area contributed by atoms with Crippen molar-refractivity contribution < 1.29 is 5.11 Å². The van der Waals surface area contributed by atoms with Gasteiger partial charge in [-0.1, -0.05) is 12.1 Å². The van der Waals surface area contributed by atoms with Crippen molar-refractivity contribution in [3.63, 3.8) is 0 Å². The molecule has 1 aliphatic heterocycles. The SMILES string of the molecule is OC1(c2ccc3ncccc3c2)CNC1. The Bertz CT molecular complexity index is 506. The highest BCUT2D eigenvalue weighted by atomic mass is 16.3. The van der Waals surface area contributed by atoms with E-state index in [9.17, 15) is 5.11 Å². The fourth-order valence-electron chi connectivity index (χ4n) is 1.93. The molecule has 76 valence electrons. The Morgan fingerprint density at radius 2 is 2.13 bits per heavy atom. The van der Waals surface area contributed by atoms with Gasteiger partial charge in [-0.25, -0.2) is 0 Å². The molecule has 0 saturated carbocycles. The number of hydrogen-bond acceptors (Lipinski definition) is 3. The molecule has 1 saturated heterocycles. The molecule has 0 unspecified atom stereocenters. The number of β-amino-alcohol motifs (C(OH)–C–C–N with tert-alkyl or cyclic N) is 1. The molecule has 0 spiro atoms.